The second kappa shape index (κ2) is 10.8. The Balaban J connectivity index is 1.20. The molecule has 190 valence electrons. The van der Waals surface area contributed by atoms with Crippen molar-refractivity contribution in [3.63, 3.8) is 0 Å². The van der Waals surface area contributed by atoms with Gasteiger partial charge in [-0.25, -0.2) is 4.98 Å². The van der Waals surface area contributed by atoms with Crippen LogP contribution in [0.1, 0.15) is 59.9 Å². The van der Waals surface area contributed by atoms with Crippen LogP contribution in [0.4, 0.5) is 0 Å². The number of H-pyrrole nitrogens is 1. The molecule has 2 aliphatic rings. The van der Waals surface area contributed by atoms with E-state index in [1.54, 1.807) is 0 Å². The molecule has 2 aromatic carbocycles. The number of imidazole rings is 1. The van der Waals surface area contributed by atoms with Gasteiger partial charge in [-0.1, -0.05) is 42.5 Å². The summed E-state index contributed by atoms with van der Waals surface area (Å²) >= 11 is 0. The number of hydrogen-bond donors (Lipinski definition) is 3. The molecule has 1 fully saturated rings. The fourth-order valence-corrected chi connectivity index (χ4v) is 5.71. The summed E-state index contributed by atoms with van der Waals surface area (Å²) in [6.07, 6.45) is 7.25. The van der Waals surface area contributed by atoms with Gasteiger partial charge >= 0.3 is 0 Å². The number of nitrogens with one attached hydrogen (secondary N) is 3. The van der Waals surface area contributed by atoms with E-state index in [-0.39, 0.29) is 18.0 Å². The van der Waals surface area contributed by atoms with Crippen LogP contribution in [-0.4, -0.2) is 38.3 Å². The van der Waals surface area contributed by atoms with Crippen LogP contribution < -0.4 is 10.6 Å². The number of benzene rings is 2. The molecule has 1 aliphatic heterocycles. The molecule has 2 aromatic heterocycles. The summed E-state index contributed by atoms with van der Waals surface area (Å²) < 4.78 is 0. The summed E-state index contributed by atoms with van der Waals surface area (Å²) in [6.45, 7) is 3.01. The third-order valence-electron chi connectivity index (χ3n) is 7.65. The average Bonchev–Trinajstić information content (AvgIpc) is 3.62. The van der Waals surface area contributed by atoms with Gasteiger partial charge in [-0.3, -0.25) is 14.7 Å². The molecule has 6 rings (SSSR count). The smallest absolute Gasteiger partial charge is 0.237 e. The Hall–Kier alpha value is -3.55. The van der Waals surface area contributed by atoms with Crippen LogP contribution in [0.3, 0.4) is 0 Å². The largest absolute Gasteiger partial charge is 0.351 e. The summed E-state index contributed by atoms with van der Waals surface area (Å²) in [5.41, 5.74) is 6.98. The molecule has 0 saturated carbocycles. The van der Waals surface area contributed by atoms with Crippen molar-refractivity contribution >= 4 is 16.9 Å². The number of fused-ring (bicyclic) bond motifs is 2. The number of carbonyl (C=O) groups excluding carboxylic acids is 1. The van der Waals surface area contributed by atoms with Crippen LogP contribution in [0.25, 0.3) is 11.0 Å². The highest BCUT2D eigenvalue weighted by Gasteiger charge is 2.28. The number of amides is 1. The van der Waals surface area contributed by atoms with Crippen molar-refractivity contribution in [3.8, 4) is 0 Å². The number of hydrogen-bond acceptors (Lipinski definition) is 5. The summed E-state index contributed by atoms with van der Waals surface area (Å²) in [6, 6.07) is 21.3. The molecular formula is C30H34N6O. The maximum absolute atomic E-state index is 12.3. The van der Waals surface area contributed by atoms with Gasteiger partial charge in [0.05, 0.1) is 35.4 Å². The van der Waals surface area contributed by atoms with E-state index in [9.17, 15) is 4.79 Å². The van der Waals surface area contributed by atoms with Crippen molar-refractivity contribution in [2.24, 2.45) is 0 Å². The lowest BCUT2D eigenvalue weighted by molar-refractivity contribution is -0.122. The molecule has 7 heteroatoms. The minimum absolute atomic E-state index is 0.0435. The number of para-hydroxylation sites is 2. The van der Waals surface area contributed by atoms with E-state index in [1.165, 1.54) is 16.8 Å². The van der Waals surface area contributed by atoms with E-state index in [0.29, 0.717) is 6.54 Å². The molecule has 0 spiro atoms. The molecule has 1 saturated heterocycles. The van der Waals surface area contributed by atoms with E-state index in [0.717, 1.165) is 74.2 Å². The van der Waals surface area contributed by atoms with Gasteiger partial charge in [-0.2, -0.15) is 0 Å². The quantitative estimate of drug-likeness (QED) is 0.338. The van der Waals surface area contributed by atoms with E-state index in [2.05, 4.69) is 63.0 Å². The van der Waals surface area contributed by atoms with Crippen molar-refractivity contribution < 1.29 is 4.79 Å². The average molecular weight is 495 g/mol. The third-order valence-corrected chi connectivity index (χ3v) is 7.65. The van der Waals surface area contributed by atoms with E-state index in [4.69, 9.17) is 9.97 Å². The van der Waals surface area contributed by atoms with Gasteiger partial charge in [0.2, 0.25) is 5.91 Å². The molecule has 2 unspecified atom stereocenters. The fourth-order valence-electron chi connectivity index (χ4n) is 5.71. The first-order valence-electron chi connectivity index (χ1n) is 13.4. The lowest BCUT2D eigenvalue weighted by atomic mass is 9.90. The second-order valence-corrected chi connectivity index (χ2v) is 10.2. The Labute approximate surface area is 217 Å². The first-order valence-corrected chi connectivity index (χ1v) is 13.4. The van der Waals surface area contributed by atoms with E-state index < -0.39 is 0 Å². The first-order chi connectivity index (χ1) is 18.2. The lowest BCUT2D eigenvalue weighted by Crippen LogP contribution is -2.39. The Bertz CT molecular complexity index is 1330. The van der Waals surface area contributed by atoms with Gasteiger partial charge in [0.1, 0.15) is 5.82 Å². The monoisotopic (exact) mass is 494 g/mol. The maximum Gasteiger partial charge on any atom is 0.237 e. The third kappa shape index (κ3) is 5.43. The summed E-state index contributed by atoms with van der Waals surface area (Å²) in [4.78, 5) is 28.1. The van der Waals surface area contributed by atoms with Gasteiger partial charge < -0.3 is 15.6 Å². The van der Waals surface area contributed by atoms with Gasteiger partial charge in [0.25, 0.3) is 0 Å². The van der Waals surface area contributed by atoms with Crippen molar-refractivity contribution in [2.45, 2.75) is 63.8 Å². The standard InChI is InChI=1S/C30H34N6O/c37-30(26-10-5-16-31-26)33-18-21-12-14-22(15-13-21)19-36(20-28-34-24-8-1-2-9-25(24)35-28)27-11-3-6-23-7-4-17-32-29(23)27/h1-2,4,7-9,12-15,17,26-27,31H,3,5-6,10-11,16,18-20H2,(H,33,37)(H,34,35). The van der Waals surface area contributed by atoms with Crippen molar-refractivity contribution in [1.82, 2.24) is 30.5 Å². The molecule has 0 bridgehead atoms. The van der Waals surface area contributed by atoms with Crippen LogP contribution in [-0.2, 0) is 30.8 Å². The second-order valence-electron chi connectivity index (χ2n) is 10.2. The number of carbonyl (C=O) groups is 1. The van der Waals surface area contributed by atoms with Gasteiger partial charge in [0.15, 0.2) is 0 Å². The van der Waals surface area contributed by atoms with E-state index in [1.807, 2.05) is 24.4 Å². The van der Waals surface area contributed by atoms with Gasteiger partial charge in [-0.05, 0) is 73.5 Å². The summed E-state index contributed by atoms with van der Waals surface area (Å²) in [5, 5.41) is 6.34. The molecule has 7 nitrogen and oxygen atoms in total. The van der Waals surface area contributed by atoms with Crippen LogP contribution in [0, 0.1) is 0 Å². The van der Waals surface area contributed by atoms with E-state index >= 15 is 0 Å². The highest BCUT2D eigenvalue weighted by atomic mass is 16.2. The Morgan fingerprint density at radius 2 is 1.84 bits per heavy atom. The summed E-state index contributed by atoms with van der Waals surface area (Å²) in [5.74, 6) is 1.08. The van der Waals surface area contributed by atoms with Crippen LogP contribution in [0.15, 0.2) is 66.9 Å². The Morgan fingerprint density at radius 1 is 0.973 bits per heavy atom. The zero-order chi connectivity index (χ0) is 25.0. The van der Waals surface area contributed by atoms with Crippen molar-refractivity contribution in [1.29, 1.82) is 0 Å². The molecule has 1 aliphatic carbocycles. The maximum atomic E-state index is 12.3. The topological polar surface area (TPSA) is 85.9 Å². The number of aromatic nitrogens is 3. The first kappa shape index (κ1) is 23.8. The number of pyridine rings is 1. The van der Waals surface area contributed by atoms with Crippen LogP contribution in [0.5, 0.6) is 0 Å². The molecule has 3 N–H and O–H groups in total. The number of nitrogens with zero attached hydrogens (tertiary/aromatic N) is 3. The Kier molecular flexibility index (Phi) is 6.97. The van der Waals surface area contributed by atoms with Crippen LogP contribution >= 0.6 is 0 Å². The zero-order valence-electron chi connectivity index (χ0n) is 21.1. The van der Waals surface area contributed by atoms with Crippen molar-refractivity contribution in [2.75, 3.05) is 6.54 Å². The number of rotatable bonds is 8. The minimum atomic E-state index is -0.0435. The fraction of sp³-hybridized carbons (Fsp3) is 0.367. The molecular weight excluding hydrogens is 460 g/mol. The predicted molar refractivity (Wildman–Crippen MR) is 145 cm³/mol. The highest BCUT2D eigenvalue weighted by Crippen LogP contribution is 2.34. The van der Waals surface area contributed by atoms with Crippen LogP contribution in [0.2, 0.25) is 0 Å². The molecule has 1 amide bonds. The number of aromatic amines is 1. The lowest BCUT2D eigenvalue weighted by Gasteiger charge is -2.34. The molecule has 0 radical (unpaired) electrons. The predicted octanol–water partition coefficient (Wildman–Crippen LogP) is 4.41. The highest BCUT2D eigenvalue weighted by molar-refractivity contribution is 5.82. The van der Waals surface area contributed by atoms with Crippen molar-refractivity contribution in [3.05, 3.63) is 95.1 Å². The zero-order valence-corrected chi connectivity index (χ0v) is 21.1. The Morgan fingerprint density at radius 3 is 2.68 bits per heavy atom. The SMILES string of the molecule is O=C(NCc1ccc(CN(Cc2nc3ccccc3[nH]2)C2CCCc3cccnc32)cc1)C1CCCN1. The normalized spacial score (nSPS) is 19.3. The minimum Gasteiger partial charge on any atom is -0.351 e. The molecule has 37 heavy (non-hydrogen) atoms. The van der Waals surface area contributed by atoms with Gasteiger partial charge in [-0.15, -0.1) is 0 Å². The molecule has 4 aromatic rings. The van der Waals surface area contributed by atoms with Gasteiger partial charge in [0, 0.05) is 19.3 Å². The molecule has 3 heterocycles. The molecule has 2 atom stereocenters. The summed E-state index contributed by atoms with van der Waals surface area (Å²) in [7, 11) is 0. The number of aryl methyl sites for hydroxylation is 1.